The van der Waals surface area contributed by atoms with Crippen LogP contribution < -0.4 is 16.4 Å². The standard InChI is InChI=1S/C10H11F2N3O2/c11-6-2-1-3-7(8(6)12)15-10(17)9(16)14-5-4-13/h1-3H,4-5,13H2,(H,14,16)(H,15,17). The van der Waals surface area contributed by atoms with Crippen LogP contribution in [-0.4, -0.2) is 24.9 Å². The van der Waals surface area contributed by atoms with Gasteiger partial charge in [-0.25, -0.2) is 8.78 Å². The molecule has 0 spiro atoms. The van der Waals surface area contributed by atoms with E-state index < -0.39 is 29.1 Å². The summed E-state index contributed by atoms with van der Waals surface area (Å²) in [5.41, 5.74) is 4.73. The van der Waals surface area contributed by atoms with Crippen LogP contribution in [0.4, 0.5) is 14.5 Å². The molecule has 1 rings (SSSR count). The van der Waals surface area contributed by atoms with Crippen molar-refractivity contribution in [3.8, 4) is 0 Å². The van der Waals surface area contributed by atoms with E-state index in [4.69, 9.17) is 5.73 Å². The highest BCUT2D eigenvalue weighted by molar-refractivity contribution is 6.39. The summed E-state index contributed by atoms with van der Waals surface area (Å²) in [6.07, 6.45) is 0. The molecule has 0 saturated carbocycles. The molecule has 4 N–H and O–H groups in total. The zero-order chi connectivity index (χ0) is 12.8. The Labute approximate surface area is 96.0 Å². The van der Waals surface area contributed by atoms with Gasteiger partial charge in [-0.1, -0.05) is 6.07 Å². The van der Waals surface area contributed by atoms with E-state index in [1.54, 1.807) is 0 Å². The Morgan fingerprint density at radius 2 is 1.94 bits per heavy atom. The SMILES string of the molecule is NCCNC(=O)C(=O)Nc1cccc(F)c1F. The molecular formula is C10H11F2N3O2. The van der Waals surface area contributed by atoms with E-state index in [0.29, 0.717) is 0 Å². The summed E-state index contributed by atoms with van der Waals surface area (Å²) < 4.78 is 25.9. The summed E-state index contributed by atoms with van der Waals surface area (Å²) in [7, 11) is 0. The fourth-order valence-corrected chi connectivity index (χ4v) is 1.05. The third kappa shape index (κ3) is 3.49. The molecule has 7 heteroatoms. The molecule has 0 radical (unpaired) electrons. The minimum absolute atomic E-state index is 0.123. The van der Waals surface area contributed by atoms with Crippen LogP contribution in [0.3, 0.4) is 0 Å². The average Bonchev–Trinajstić information content (AvgIpc) is 2.31. The van der Waals surface area contributed by atoms with Crippen LogP contribution in [0.5, 0.6) is 0 Å². The third-order valence-corrected chi connectivity index (χ3v) is 1.84. The first-order valence-electron chi connectivity index (χ1n) is 4.79. The van der Waals surface area contributed by atoms with E-state index in [1.807, 2.05) is 5.32 Å². The molecule has 0 saturated heterocycles. The second-order valence-electron chi connectivity index (χ2n) is 3.10. The van der Waals surface area contributed by atoms with Crippen molar-refractivity contribution in [1.29, 1.82) is 0 Å². The summed E-state index contributed by atoms with van der Waals surface area (Å²) >= 11 is 0. The largest absolute Gasteiger partial charge is 0.347 e. The fourth-order valence-electron chi connectivity index (χ4n) is 1.05. The van der Waals surface area contributed by atoms with Crippen LogP contribution in [-0.2, 0) is 9.59 Å². The first-order valence-corrected chi connectivity index (χ1v) is 4.79. The van der Waals surface area contributed by atoms with E-state index in [0.717, 1.165) is 12.1 Å². The van der Waals surface area contributed by atoms with Gasteiger partial charge in [-0.3, -0.25) is 9.59 Å². The molecule has 0 atom stereocenters. The molecule has 0 aliphatic rings. The highest BCUT2D eigenvalue weighted by Gasteiger charge is 2.16. The molecule has 0 bridgehead atoms. The number of amides is 2. The number of hydrogen-bond acceptors (Lipinski definition) is 3. The van der Waals surface area contributed by atoms with Gasteiger partial charge in [-0.05, 0) is 12.1 Å². The molecule has 0 aliphatic carbocycles. The third-order valence-electron chi connectivity index (χ3n) is 1.84. The summed E-state index contributed by atoms with van der Waals surface area (Å²) in [5, 5.41) is 4.15. The van der Waals surface area contributed by atoms with E-state index in [-0.39, 0.29) is 13.1 Å². The van der Waals surface area contributed by atoms with Crippen molar-refractivity contribution >= 4 is 17.5 Å². The van der Waals surface area contributed by atoms with Crippen LogP contribution in [0.15, 0.2) is 18.2 Å². The van der Waals surface area contributed by atoms with Gasteiger partial charge in [0.25, 0.3) is 0 Å². The Hall–Kier alpha value is -2.02. The Balaban J connectivity index is 2.68. The van der Waals surface area contributed by atoms with Gasteiger partial charge < -0.3 is 16.4 Å². The maximum absolute atomic E-state index is 13.1. The Kier molecular flexibility index (Phi) is 4.53. The summed E-state index contributed by atoms with van der Waals surface area (Å²) in [6, 6.07) is 3.26. The van der Waals surface area contributed by atoms with Gasteiger partial charge in [0.1, 0.15) is 0 Å². The molecule has 0 unspecified atom stereocenters. The predicted octanol–water partition coefficient (Wildman–Crippen LogP) is -0.0218. The molecule has 2 amide bonds. The van der Waals surface area contributed by atoms with Gasteiger partial charge in [0.05, 0.1) is 5.69 Å². The van der Waals surface area contributed by atoms with Crippen molar-refractivity contribution in [2.45, 2.75) is 0 Å². The number of nitrogens with two attached hydrogens (primary N) is 1. The zero-order valence-corrected chi connectivity index (χ0v) is 8.80. The van der Waals surface area contributed by atoms with Crippen molar-refractivity contribution in [2.75, 3.05) is 18.4 Å². The lowest BCUT2D eigenvalue weighted by molar-refractivity contribution is -0.136. The van der Waals surface area contributed by atoms with Crippen LogP contribution >= 0.6 is 0 Å². The van der Waals surface area contributed by atoms with Crippen molar-refractivity contribution in [3.05, 3.63) is 29.8 Å². The predicted molar refractivity (Wildman–Crippen MR) is 57.1 cm³/mol. The topological polar surface area (TPSA) is 84.2 Å². The highest BCUT2D eigenvalue weighted by Crippen LogP contribution is 2.16. The highest BCUT2D eigenvalue weighted by atomic mass is 19.2. The summed E-state index contributed by atoms with van der Waals surface area (Å²) in [6.45, 7) is 0.297. The minimum Gasteiger partial charge on any atom is -0.347 e. The molecule has 1 aromatic carbocycles. The van der Waals surface area contributed by atoms with Crippen molar-refractivity contribution < 1.29 is 18.4 Å². The second-order valence-corrected chi connectivity index (χ2v) is 3.10. The first-order chi connectivity index (χ1) is 8.06. The lowest BCUT2D eigenvalue weighted by atomic mass is 10.3. The molecule has 0 heterocycles. The number of rotatable bonds is 3. The number of carbonyl (C=O) groups is 2. The van der Waals surface area contributed by atoms with E-state index in [2.05, 4.69) is 5.32 Å². The van der Waals surface area contributed by atoms with Crippen LogP contribution in [0.1, 0.15) is 0 Å². The summed E-state index contributed by atoms with van der Waals surface area (Å²) in [5.74, 6) is -4.36. The van der Waals surface area contributed by atoms with Crippen molar-refractivity contribution in [2.24, 2.45) is 5.73 Å². The molecule has 1 aromatic rings. The molecule has 17 heavy (non-hydrogen) atoms. The normalized spacial score (nSPS) is 9.82. The van der Waals surface area contributed by atoms with Crippen molar-refractivity contribution in [1.82, 2.24) is 5.32 Å². The molecule has 0 aliphatic heterocycles. The Bertz CT molecular complexity index is 438. The molecular weight excluding hydrogens is 232 g/mol. The zero-order valence-electron chi connectivity index (χ0n) is 8.80. The van der Waals surface area contributed by atoms with Crippen molar-refractivity contribution in [3.63, 3.8) is 0 Å². The Morgan fingerprint density at radius 1 is 1.24 bits per heavy atom. The monoisotopic (exact) mass is 243 g/mol. The molecule has 5 nitrogen and oxygen atoms in total. The average molecular weight is 243 g/mol. The van der Waals surface area contributed by atoms with Crippen LogP contribution in [0, 0.1) is 11.6 Å². The number of hydrogen-bond donors (Lipinski definition) is 3. The maximum atomic E-state index is 13.1. The maximum Gasteiger partial charge on any atom is 0.313 e. The van der Waals surface area contributed by atoms with Gasteiger partial charge in [0.15, 0.2) is 11.6 Å². The summed E-state index contributed by atoms with van der Waals surface area (Å²) in [4.78, 5) is 22.3. The number of halogens is 2. The quantitative estimate of drug-likeness (QED) is 0.652. The van der Waals surface area contributed by atoms with Crippen LogP contribution in [0.2, 0.25) is 0 Å². The van der Waals surface area contributed by atoms with Crippen LogP contribution in [0.25, 0.3) is 0 Å². The lowest BCUT2D eigenvalue weighted by Gasteiger charge is -2.06. The van der Waals surface area contributed by atoms with E-state index >= 15 is 0 Å². The van der Waals surface area contributed by atoms with E-state index in [1.165, 1.54) is 6.07 Å². The van der Waals surface area contributed by atoms with Gasteiger partial charge >= 0.3 is 11.8 Å². The number of nitrogens with one attached hydrogen (secondary N) is 2. The van der Waals surface area contributed by atoms with Gasteiger partial charge in [0.2, 0.25) is 0 Å². The smallest absolute Gasteiger partial charge is 0.313 e. The number of anilines is 1. The van der Waals surface area contributed by atoms with Gasteiger partial charge in [0, 0.05) is 13.1 Å². The second kappa shape index (κ2) is 5.90. The fraction of sp³-hybridized carbons (Fsp3) is 0.200. The Morgan fingerprint density at radius 3 is 2.59 bits per heavy atom. The molecule has 92 valence electrons. The molecule has 0 aromatic heterocycles. The molecule has 0 fully saturated rings. The van der Waals surface area contributed by atoms with E-state index in [9.17, 15) is 18.4 Å². The number of carbonyl (C=O) groups excluding carboxylic acids is 2. The minimum atomic E-state index is -1.22. The first kappa shape index (κ1) is 13.0. The number of benzene rings is 1. The van der Waals surface area contributed by atoms with Gasteiger partial charge in [-0.15, -0.1) is 0 Å². The lowest BCUT2D eigenvalue weighted by Crippen LogP contribution is -2.38. The van der Waals surface area contributed by atoms with Gasteiger partial charge in [-0.2, -0.15) is 0 Å².